The largest absolute Gasteiger partial charge is 0.417 e. The maximum atomic E-state index is 12.7. The lowest BCUT2D eigenvalue weighted by molar-refractivity contribution is -0.137. The van der Waals surface area contributed by atoms with Crippen LogP contribution in [-0.2, 0) is 12.6 Å². The van der Waals surface area contributed by atoms with Crippen molar-refractivity contribution in [2.45, 2.75) is 31.5 Å². The fraction of sp³-hybridized carbons (Fsp3) is 0.500. The molecule has 0 saturated carbocycles. The van der Waals surface area contributed by atoms with Crippen molar-refractivity contribution in [2.24, 2.45) is 0 Å². The highest BCUT2D eigenvalue weighted by Crippen LogP contribution is 2.29. The Morgan fingerprint density at radius 2 is 2.16 bits per heavy atom. The van der Waals surface area contributed by atoms with Crippen LogP contribution in [-0.4, -0.2) is 27.2 Å². The molecule has 1 aliphatic heterocycles. The normalized spacial score (nSPS) is 20.3. The quantitative estimate of drug-likeness (QED) is 0.908. The van der Waals surface area contributed by atoms with E-state index in [2.05, 4.69) is 15.5 Å². The second-order valence-corrected chi connectivity index (χ2v) is 4.76. The van der Waals surface area contributed by atoms with Crippen LogP contribution in [0.1, 0.15) is 24.2 Å². The van der Waals surface area contributed by atoms with Gasteiger partial charge in [0.15, 0.2) is 5.65 Å². The highest BCUT2D eigenvalue weighted by molar-refractivity contribution is 5.40. The zero-order valence-electron chi connectivity index (χ0n) is 10.1. The van der Waals surface area contributed by atoms with Crippen molar-refractivity contribution in [3.63, 3.8) is 0 Å². The van der Waals surface area contributed by atoms with Crippen molar-refractivity contribution in [1.82, 2.24) is 19.9 Å². The van der Waals surface area contributed by atoms with Gasteiger partial charge < -0.3 is 5.32 Å². The van der Waals surface area contributed by atoms with E-state index in [1.807, 2.05) is 0 Å². The van der Waals surface area contributed by atoms with Crippen molar-refractivity contribution in [1.29, 1.82) is 0 Å². The number of hydrogen-bond acceptors (Lipinski definition) is 3. The first-order valence-corrected chi connectivity index (χ1v) is 6.18. The molecule has 1 fully saturated rings. The molecule has 3 rings (SSSR count). The molecular formula is C12H13F3N4. The summed E-state index contributed by atoms with van der Waals surface area (Å²) >= 11 is 0. The van der Waals surface area contributed by atoms with Crippen molar-refractivity contribution in [3.05, 3.63) is 29.7 Å². The summed E-state index contributed by atoms with van der Waals surface area (Å²) in [5.41, 5.74) is -0.235. The second kappa shape index (κ2) is 4.48. The van der Waals surface area contributed by atoms with Gasteiger partial charge in [0.2, 0.25) is 0 Å². The molecule has 0 amide bonds. The average Bonchev–Trinajstić information content (AvgIpc) is 2.98. The molecule has 2 aromatic heterocycles. The first-order valence-electron chi connectivity index (χ1n) is 6.18. The summed E-state index contributed by atoms with van der Waals surface area (Å²) in [6.45, 7) is 0.954. The molecule has 3 heterocycles. The molecule has 1 N–H and O–H groups in total. The molecule has 0 bridgehead atoms. The Kier molecular flexibility index (Phi) is 2.93. The minimum Gasteiger partial charge on any atom is -0.314 e. The SMILES string of the molecule is FC(F)(F)c1ccc2nnc(CC3CCCN3)n2c1. The number of hydrogen-bond donors (Lipinski definition) is 1. The van der Waals surface area contributed by atoms with Gasteiger partial charge in [-0.05, 0) is 31.5 Å². The minimum atomic E-state index is -4.35. The summed E-state index contributed by atoms with van der Waals surface area (Å²) in [5, 5.41) is 11.2. The third-order valence-electron chi connectivity index (χ3n) is 3.39. The second-order valence-electron chi connectivity index (χ2n) is 4.76. The first kappa shape index (κ1) is 12.4. The number of fused-ring (bicyclic) bond motifs is 1. The van der Waals surface area contributed by atoms with E-state index in [9.17, 15) is 13.2 Å². The van der Waals surface area contributed by atoms with E-state index in [4.69, 9.17) is 0 Å². The summed E-state index contributed by atoms with van der Waals surface area (Å²) in [5.74, 6) is 0.570. The van der Waals surface area contributed by atoms with Crippen LogP contribution in [0.15, 0.2) is 18.3 Å². The standard InChI is InChI=1S/C12H13F3N4/c13-12(14,15)8-3-4-10-17-18-11(19(10)7-8)6-9-2-1-5-16-9/h3-4,7,9,16H,1-2,5-6H2. The molecule has 0 spiro atoms. The molecule has 0 aliphatic carbocycles. The molecule has 1 aliphatic rings. The molecule has 4 nitrogen and oxygen atoms in total. The minimum absolute atomic E-state index is 0.280. The monoisotopic (exact) mass is 270 g/mol. The molecule has 7 heteroatoms. The molecule has 0 aromatic carbocycles. The van der Waals surface area contributed by atoms with Gasteiger partial charge in [0.25, 0.3) is 0 Å². The highest BCUT2D eigenvalue weighted by Gasteiger charge is 2.31. The smallest absolute Gasteiger partial charge is 0.314 e. The Hall–Kier alpha value is -1.63. The van der Waals surface area contributed by atoms with Crippen LogP contribution >= 0.6 is 0 Å². The van der Waals surface area contributed by atoms with E-state index in [-0.39, 0.29) is 6.04 Å². The van der Waals surface area contributed by atoms with Gasteiger partial charge >= 0.3 is 6.18 Å². The zero-order valence-corrected chi connectivity index (χ0v) is 10.1. The summed E-state index contributed by atoms with van der Waals surface area (Å²) in [4.78, 5) is 0. The number of pyridine rings is 1. The molecule has 1 atom stereocenters. The third kappa shape index (κ3) is 2.42. The van der Waals surface area contributed by atoms with Gasteiger partial charge in [-0.2, -0.15) is 13.2 Å². The number of nitrogens with one attached hydrogen (secondary N) is 1. The molecule has 0 radical (unpaired) electrons. The van der Waals surface area contributed by atoms with Crippen LogP contribution in [0.3, 0.4) is 0 Å². The number of rotatable bonds is 2. The predicted molar refractivity (Wildman–Crippen MR) is 62.7 cm³/mol. The van der Waals surface area contributed by atoms with Crippen LogP contribution in [0.25, 0.3) is 5.65 Å². The van der Waals surface area contributed by atoms with Crippen LogP contribution in [0.2, 0.25) is 0 Å². The summed E-state index contributed by atoms with van der Waals surface area (Å²) in [6, 6.07) is 2.66. The maximum Gasteiger partial charge on any atom is 0.417 e. The highest BCUT2D eigenvalue weighted by atomic mass is 19.4. The van der Waals surface area contributed by atoms with E-state index in [0.717, 1.165) is 31.6 Å². The molecule has 19 heavy (non-hydrogen) atoms. The van der Waals surface area contributed by atoms with Crippen molar-refractivity contribution < 1.29 is 13.2 Å². The van der Waals surface area contributed by atoms with Crippen molar-refractivity contribution in [3.8, 4) is 0 Å². The van der Waals surface area contributed by atoms with Crippen LogP contribution < -0.4 is 5.32 Å². The number of aromatic nitrogens is 3. The zero-order chi connectivity index (χ0) is 13.5. The molecule has 2 aromatic rings. The van der Waals surface area contributed by atoms with Crippen LogP contribution in [0.4, 0.5) is 13.2 Å². The van der Waals surface area contributed by atoms with Gasteiger partial charge in [-0.25, -0.2) is 0 Å². The van der Waals surface area contributed by atoms with E-state index >= 15 is 0 Å². The topological polar surface area (TPSA) is 42.2 Å². The van der Waals surface area contributed by atoms with E-state index < -0.39 is 11.7 Å². The fourth-order valence-electron chi connectivity index (χ4n) is 2.40. The predicted octanol–water partition coefficient (Wildman–Crippen LogP) is 2.04. The Labute approximate surface area is 107 Å². The number of halogens is 3. The fourth-order valence-corrected chi connectivity index (χ4v) is 2.40. The summed E-state index contributed by atoms with van der Waals surface area (Å²) < 4.78 is 39.5. The van der Waals surface area contributed by atoms with Crippen molar-refractivity contribution in [2.75, 3.05) is 6.54 Å². The Balaban J connectivity index is 1.95. The number of alkyl halides is 3. The molecular weight excluding hydrogens is 257 g/mol. The molecule has 1 unspecified atom stereocenters. The van der Waals surface area contributed by atoms with Gasteiger partial charge in [0, 0.05) is 18.7 Å². The first-order chi connectivity index (χ1) is 9.04. The summed E-state index contributed by atoms with van der Waals surface area (Å²) in [6.07, 6.45) is -0.563. The van der Waals surface area contributed by atoms with Crippen molar-refractivity contribution >= 4 is 5.65 Å². The number of nitrogens with zero attached hydrogens (tertiary/aromatic N) is 3. The lowest BCUT2D eigenvalue weighted by atomic mass is 10.1. The van der Waals surface area contributed by atoms with Gasteiger partial charge in [-0.1, -0.05) is 0 Å². The lowest BCUT2D eigenvalue weighted by Crippen LogP contribution is -2.24. The van der Waals surface area contributed by atoms with Crippen LogP contribution in [0.5, 0.6) is 0 Å². The van der Waals surface area contributed by atoms with Gasteiger partial charge in [-0.3, -0.25) is 4.40 Å². The lowest BCUT2D eigenvalue weighted by Gasteiger charge is -2.10. The van der Waals surface area contributed by atoms with Crippen LogP contribution in [0, 0.1) is 0 Å². The van der Waals surface area contributed by atoms with Gasteiger partial charge in [0.05, 0.1) is 5.56 Å². The maximum absolute atomic E-state index is 12.7. The van der Waals surface area contributed by atoms with E-state index in [1.54, 1.807) is 0 Å². The molecule has 102 valence electrons. The van der Waals surface area contributed by atoms with Gasteiger partial charge in [0.1, 0.15) is 5.82 Å². The van der Waals surface area contributed by atoms with E-state index in [0.29, 0.717) is 17.9 Å². The average molecular weight is 270 g/mol. The van der Waals surface area contributed by atoms with Gasteiger partial charge in [-0.15, -0.1) is 10.2 Å². The Bertz CT molecular complexity index is 584. The Morgan fingerprint density at radius 3 is 2.84 bits per heavy atom. The molecule has 1 saturated heterocycles. The summed E-state index contributed by atoms with van der Waals surface area (Å²) in [7, 11) is 0. The van der Waals surface area contributed by atoms with E-state index in [1.165, 1.54) is 10.5 Å². The third-order valence-corrected chi connectivity index (χ3v) is 3.39. The Morgan fingerprint density at radius 1 is 1.32 bits per heavy atom.